The van der Waals surface area contributed by atoms with Gasteiger partial charge >= 0.3 is 0 Å². The van der Waals surface area contributed by atoms with Gasteiger partial charge in [0.2, 0.25) is 5.91 Å². The van der Waals surface area contributed by atoms with Crippen LogP contribution in [-0.4, -0.2) is 38.9 Å². The number of thiophene rings is 1. The fraction of sp³-hybridized carbons (Fsp3) is 0.286. The summed E-state index contributed by atoms with van der Waals surface area (Å²) in [6.45, 7) is 6.00. The van der Waals surface area contributed by atoms with Crippen LogP contribution in [0.5, 0.6) is 0 Å². The van der Waals surface area contributed by atoms with Crippen LogP contribution in [0.15, 0.2) is 52.7 Å². The predicted octanol–water partition coefficient (Wildman–Crippen LogP) is 4.61. The molecule has 1 aromatic carbocycles. The summed E-state index contributed by atoms with van der Waals surface area (Å²) in [5.41, 5.74) is 0.555. The van der Waals surface area contributed by atoms with Crippen molar-refractivity contribution in [1.29, 1.82) is 0 Å². The molecular weight excluding hydrogens is 392 g/mol. The topological polar surface area (TPSA) is 57.7 Å². The molecule has 7 heteroatoms. The third-order valence-electron chi connectivity index (χ3n) is 4.28. The molecule has 0 radical (unpaired) electrons. The average Bonchev–Trinajstić information content (AvgIpc) is 3.24. The molecule has 0 bridgehead atoms. The smallest absolute Gasteiger partial charge is 0.294 e. The molecule has 0 spiro atoms. The summed E-state index contributed by atoms with van der Waals surface area (Å²) in [5, 5.41) is 1.50. The molecule has 1 aromatic heterocycles. The maximum Gasteiger partial charge on any atom is 0.294 e. The van der Waals surface area contributed by atoms with Crippen molar-refractivity contribution in [2.24, 2.45) is 0 Å². The highest BCUT2D eigenvalue weighted by atomic mass is 32.2. The largest absolute Gasteiger partial charge is 0.332 e. The summed E-state index contributed by atoms with van der Waals surface area (Å²) >= 11 is 2.37. The summed E-state index contributed by atoms with van der Waals surface area (Å²) in [7, 11) is 0. The van der Waals surface area contributed by atoms with E-state index >= 15 is 0 Å². The highest BCUT2D eigenvalue weighted by molar-refractivity contribution is 8.18. The van der Waals surface area contributed by atoms with Crippen LogP contribution < -0.4 is 0 Å². The van der Waals surface area contributed by atoms with Crippen LogP contribution in [0.25, 0.3) is 6.08 Å². The molecule has 1 aliphatic rings. The van der Waals surface area contributed by atoms with Crippen molar-refractivity contribution < 1.29 is 14.4 Å². The van der Waals surface area contributed by atoms with Crippen molar-refractivity contribution >= 4 is 46.2 Å². The molecule has 0 atom stereocenters. The second kappa shape index (κ2) is 8.32. The Hall–Kier alpha value is -2.38. The zero-order valence-electron chi connectivity index (χ0n) is 16.0. The minimum atomic E-state index is -0.443. The van der Waals surface area contributed by atoms with Gasteiger partial charge in [-0.2, -0.15) is 0 Å². The highest BCUT2D eigenvalue weighted by Gasteiger charge is 2.38. The second-order valence-corrected chi connectivity index (χ2v) is 9.39. The molecule has 2 aromatic rings. The molecule has 1 fully saturated rings. The number of carbonyl (C=O) groups is 3. The van der Waals surface area contributed by atoms with E-state index in [-0.39, 0.29) is 12.5 Å². The van der Waals surface area contributed by atoms with E-state index in [1.54, 1.807) is 11.0 Å². The van der Waals surface area contributed by atoms with Gasteiger partial charge in [0.15, 0.2) is 0 Å². The number of nitrogens with zero attached hydrogens (tertiary/aromatic N) is 2. The van der Waals surface area contributed by atoms with Gasteiger partial charge in [-0.25, -0.2) is 0 Å². The summed E-state index contributed by atoms with van der Waals surface area (Å²) < 4.78 is 0. The second-order valence-electron chi connectivity index (χ2n) is 7.42. The van der Waals surface area contributed by atoms with Crippen LogP contribution in [0.4, 0.5) is 4.79 Å². The number of rotatable bonds is 5. The fourth-order valence-electron chi connectivity index (χ4n) is 2.82. The van der Waals surface area contributed by atoms with Crippen LogP contribution in [0.1, 0.15) is 31.2 Å². The molecule has 3 amide bonds. The van der Waals surface area contributed by atoms with Gasteiger partial charge in [-0.15, -0.1) is 11.3 Å². The molecule has 0 aliphatic carbocycles. The molecule has 3 rings (SSSR count). The first kappa shape index (κ1) is 20.4. The molecule has 0 N–H and O–H groups in total. The lowest BCUT2D eigenvalue weighted by Gasteiger charge is -2.36. The Kier molecular flexibility index (Phi) is 6.05. The van der Waals surface area contributed by atoms with Crippen LogP contribution in [-0.2, 0) is 16.1 Å². The number of hydrogen-bond donors (Lipinski definition) is 0. The Balaban J connectivity index is 1.76. The zero-order valence-corrected chi connectivity index (χ0v) is 17.7. The van der Waals surface area contributed by atoms with Gasteiger partial charge in [0.25, 0.3) is 11.1 Å². The minimum Gasteiger partial charge on any atom is -0.332 e. The third-order valence-corrected chi connectivity index (χ3v) is 6.00. The lowest BCUT2D eigenvalue weighted by molar-refractivity contribution is -0.140. The van der Waals surface area contributed by atoms with E-state index in [0.717, 1.165) is 27.1 Å². The van der Waals surface area contributed by atoms with Crippen molar-refractivity contribution in [2.45, 2.75) is 32.9 Å². The molecule has 28 heavy (non-hydrogen) atoms. The van der Waals surface area contributed by atoms with Crippen LogP contribution in [0.3, 0.4) is 0 Å². The zero-order chi connectivity index (χ0) is 20.3. The Bertz CT molecular complexity index is 899. The van der Waals surface area contributed by atoms with Gasteiger partial charge in [0.05, 0.1) is 4.91 Å². The maximum atomic E-state index is 13.0. The summed E-state index contributed by atoms with van der Waals surface area (Å²) in [5.74, 6) is -0.665. The van der Waals surface area contributed by atoms with Gasteiger partial charge in [0, 0.05) is 17.0 Å². The maximum absolute atomic E-state index is 13.0. The molecular formula is C21H22N2O3S2. The van der Waals surface area contributed by atoms with E-state index in [9.17, 15) is 14.4 Å². The Labute approximate surface area is 173 Å². The molecule has 0 saturated carbocycles. The normalized spacial score (nSPS) is 16.1. The third kappa shape index (κ3) is 4.72. The van der Waals surface area contributed by atoms with Crippen molar-refractivity contribution in [3.63, 3.8) is 0 Å². The molecule has 2 heterocycles. The van der Waals surface area contributed by atoms with Gasteiger partial charge in [-0.3, -0.25) is 19.3 Å². The van der Waals surface area contributed by atoms with Crippen LogP contribution in [0, 0.1) is 0 Å². The summed E-state index contributed by atoms with van der Waals surface area (Å²) in [6, 6.07) is 13.4. The van der Waals surface area contributed by atoms with Crippen molar-refractivity contribution in [1.82, 2.24) is 9.80 Å². The standard InChI is InChI=1S/C21H22N2O3S2/c1-21(2,3)23(13-15-8-5-4-6-9-15)18(24)14-22-19(25)17(28-20(22)26)12-16-10-7-11-27-16/h4-12H,13-14H2,1-3H3/b17-12-. The first-order chi connectivity index (χ1) is 13.3. The van der Waals surface area contributed by atoms with E-state index in [4.69, 9.17) is 0 Å². The number of amides is 3. The van der Waals surface area contributed by atoms with E-state index in [0.29, 0.717) is 11.4 Å². The SMILES string of the molecule is CC(C)(C)N(Cc1ccccc1)C(=O)CN1C(=O)S/C(=C\c2cccs2)C1=O. The quantitative estimate of drug-likeness (QED) is 0.671. The molecule has 1 saturated heterocycles. The highest BCUT2D eigenvalue weighted by Crippen LogP contribution is 2.33. The fourth-order valence-corrected chi connectivity index (χ4v) is 4.39. The van der Waals surface area contributed by atoms with E-state index < -0.39 is 16.7 Å². The van der Waals surface area contributed by atoms with Gasteiger partial charge in [0.1, 0.15) is 6.54 Å². The first-order valence-corrected chi connectivity index (χ1v) is 10.6. The van der Waals surface area contributed by atoms with Crippen LogP contribution in [0.2, 0.25) is 0 Å². The summed E-state index contributed by atoms with van der Waals surface area (Å²) in [6.07, 6.45) is 1.70. The van der Waals surface area contributed by atoms with Crippen molar-refractivity contribution in [3.05, 3.63) is 63.2 Å². The monoisotopic (exact) mass is 414 g/mol. The molecule has 1 aliphatic heterocycles. The number of imide groups is 1. The van der Waals surface area contributed by atoms with Gasteiger partial charge in [-0.05, 0) is 55.6 Å². The van der Waals surface area contributed by atoms with E-state index in [1.165, 1.54) is 11.3 Å². The van der Waals surface area contributed by atoms with E-state index in [2.05, 4.69) is 0 Å². The predicted molar refractivity (Wildman–Crippen MR) is 114 cm³/mol. The molecule has 0 unspecified atom stereocenters. The number of hydrogen-bond acceptors (Lipinski definition) is 5. The number of carbonyl (C=O) groups excluding carboxylic acids is 3. The van der Waals surface area contributed by atoms with Gasteiger partial charge < -0.3 is 4.90 Å². The van der Waals surface area contributed by atoms with Crippen molar-refractivity contribution in [3.8, 4) is 0 Å². The van der Waals surface area contributed by atoms with Crippen LogP contribution >= 0.6 is 23.1 Å². The van der Waals surface area contributed by atoms with E-state index in [1.807, 2.05) is 68.6 Å². The molecule has 146 valence electrons. The average molecular weight is 415 g/mol. The van der Waals surface area contributed by atoms with Gasteiger partial charge in [-0.1, -0.05) is 36.4 Å². The lowest BCUT2D eigenvalue weighted by Crippen LogP contribution is -2.49. The minimum absolute atomic E-state index is 0.253. The number of thioether (sulfide) groups is 1. The Morgan fingerprint density at radius 3 is 2.43 bits per heavy atom. The lowest BCUT2D eigenvalue weighted by atomic mass is 10.0. The summed E-state index contributed by atoms with van der Waals surface area (Å²) in [4.78, 5) is 42.0. The van der Waals surface area contributed by atoms with Crippen molar-refractivity contribution in [2.75, 3.05) is 6.54 Å². The Morgan fingerprint density at radius 1 is 1.11 bits per heavy atom. The number of benzene rings is 1. The first-order valence-electron chi connectivity index (χ1n) is 8.89. The Morgan fingerprint density at radius 2 is 1.82 bits per heavy atom. The molecule has 5 nitrogen and oxygen atoms in total.